The van der Waals surface area contributed by atoms with Gasteiger partial charge in [0.05, 0.1) is 6.42 Å². The third-order valence-electron chi connectivity index (χ3n) is 5.91. The topological polar surface area (TPSA) is 36.4 Å². The molecule has 2 fully saturated rings. The fourth-order valence-corrected chi connectivity index (χ4v) is 5.10. The molecule has 0 aromatic carbocycles. The predicted octanol–water partition coefficient (Wildman–Crippen LogP) is 3.45. The van der Waals surface area contributed by atoms with Gasteiger partial charge in [-0.25, -0.2) is 0 Å². The number of thiophene rings is 1. The molecule has 4 heterocycles. The number of nitrogens with zero attached hydrogens (tertiary/aromatic N) is 3. The van der Waals surface area contributed by atoms with Gasteiger partial charge in [0, 0.05) is 36.9 Å². The Hall–Kier alpha value is -1.72. The Bertz CT molecular complexity index is 695. The summed E-state index contributed by atoms with van der Waals surface area (Å²) >= 11 is 1.68. The molecule has 138 valence electrons. The summed E-state index contributed by atoms with van der Waals surface area (Å²) in [6.07, 6.45) is 8.09. The first-order valence-corrected chi connectivity index (χ1v) is 10.6. The number of piperidine rings is 1. The highest BCUT2D eigenvalue weighted by atomic mass is 32.1. The van der Waals surface area contributed by atoms with Gasteiger partial charge in [0.1, 0.15) is 0 Å². The SMILES string of the molecule is O=C(Cc1cccs1)N1CCC(C2CCN(Cc3cccnc3)CC2)C1. The molecule has 2 aromatic heterocycles. The number of carbonyl (C=O) groups excluding carboxylic acids is 1. The van der Waals surface area contributed by atoms with Crippen molar-refractivity contribution in [3.8, 4) is 0 Å². The van der Waals surface area contributed by atoms with Gasteiger partial charge in [-0.3, -0.25) is 14.7 Å². The third kappa shape index (κ3) is 4.33. The molecule has 2 saturated heterocycles. The lowest BCUT2D eigenvalue weighted by Gasteiger charge is -2.34. The number of hydrogen-bond donors (Lipinski definition) is 0. The first kappa shape index (κ1) is 17.7. The third-order valence-corrected chi connectivity index (χ3v) is 6.79. The lowest BCUT2D eigenvalue weighted by molar-refractivity contribution is -0.129. The highest BCUT2D eigenvalue weighted by Crippen LogP contribution is 2.32. The molecule has 0 saturated carbocycles. The number of likely N-dealkylation sites (tertiary alicyclic amines) is 2. The van der Waals surface area contributed by atoms with Crippen molar-refractivity contribution in [2.24, 2.45) is 11.8 Å². The van der Waals surface area contributed by atoms with Gasteiger partial charge in [0.2, 0.25) is 5.91 Å². The number of rotatable bonds is 5. The minimum Gasteiger partial charge on any atom is -0.342 e. The van der Waals surface area contributed by atoms with Crippen molar-refractivity contribution < 1.29 is 4.79 Å². The molecule has 0 N–H and O–H groups in total. The Morgan fingerprint density at radius 3 is 2.69 bits per heavy atom. The summed E-state index contributed by atoms with van der Waals surface area (Å²) in [7, 11) is 0. The highest BCUT2D eigenvalue weighted by Gasteiger charge is 2.33. The fraction of sp³-hybridized carbons (Fsp3) is 0.524. The summed E-state index contributed by atoms with van der Waals surface area (Å²) in [5.41, 5.74) is 1.30. The van der Waals surface area contributed by atoms with Crippen LogP contribution in [0, 0.1) is 11.8 Å². The van der Waals surface area contributed by atoms with Crippen LogP contribution in [-0.2, 0) is 17.8 Å². The average molecular weight is 370 g/mol. The lowest BCUT2D eigenvalue weighted by Crippen LogP contribution is -2.37. The number of hydrogen-bond acceptors (Lipinski definition) is 4. The normalized spacial score (nSPS) is 22.0. The Balaban J connectivity index is 1.23. The molecule has 1 atom stereocenters. The molecule has 0 radical (unpaired) electrons. The number of pyridine rings is 1. The zero-order valence-electron chi connectivity index (χ0n) is 15.2. The molecular formula is C21H27N3OS. The van der Waals surface area contributed by atoms with Crippen molar-refractivity contribution in [3.05, 3.63) is 52.5 Å². The monoisotopic (exact) mass is 369 g/mol. The van der Waals surface area contributed by atoms with E-state index in [1.54, 1.807) is 11.3 Å². The van der Waals surface area contributed by atoms with Crippen LogP contribution in [0.3, 0.4) is 0 Å². The van der Waals surface area contributed by atoms with Gasteiger partial charge in [-0.1, -0.05) is 12.1 Å². The van der Waals surface area contributed by atoms with Crippen LogP contribution in [0.1, 0.15) is 29.7 Å². The van der Waals surface area contributed by atoms with Gasteiger partial charge in [-0.2, -0.15) is 0 Å². The van der Waals surface area contributed by atoms with Crippen LogP contribution in [0.5, 0.6) is 0 Å². The molecule has 1 unspecified atom stereocenters. The van der Waals surface area contributed by atoms with Crippen molar-refractivity contribution in [1.29, 1.82) is 0 Å². The summed E-state index contributed by atoms with van der Waals surface area (Å²) in [5.74, 6) is 1.78. The standard InChI is InChI=1S/C21H27N3OS/c25-21(13-20-4-2-12-26-20)24-11-7-19(16-24)18-5-9-23(10-6-18)15-17-3-1-8-22-14-17/h1-4,8,12,14,18-19H,5-7,9-11,13,15-16H2. The maximum absolute atomic E-state index is 12.5. The zero-order chi connectivity index (χ0) is 17.8. The average Bonchev–Trinajstić information content (AvgIpc) is 3.35. The molecule has 4 rings (SSSR count). The van der Waals surface area contributed by atoms with Gasteiger partial charge in [0.15, 0.2) is 0 Å². The van der Waals surface area contributed by atoms with Crippen molar-refractivity contribution in [2.45, 2.75) is 32.2 Å². The van der Waals surface area contributed by atoms with Crippen LogP contribution in [0.4, 0.5) is 0 Å². The van der Waals surface area contributed by atoms with Crippen molar-refractivity contribution in [3.63, 3.8) is 0 Å². The zero-order valence-corrected chi connectivity index (χ0v) is 16.0. The van der Waals surface area contributed by atoms with E-state index in [1.807, 2.05) is 24.5 Å². The largest absolute Gasteiger partial charge is 0.342 e. The molecule has 0 aliphatic carbocycles. The molecule has 2 aromatic rings. The molecule has 26 heavy (non-hydrogen) atoms. The van der Waals surface area contributed by atoms with E-state index in [0.29, 0.717) is 18.2 Å². The molecule has 0 bridgehead atoms. The number of carbonyl (C=O) groups is 1. The van der Waals surface area contributed by atoms with Crippen molar-refractivity contribution in [1.82, 2.24) is 14.8 Å². The van der Waals surface area contributed by atoms with E-state index in [1.165, 1.54) is 42.8 Å². The summed E-state index contributed by atoms with van der Waals surface area (Å²) in [6.45, 7) is 5.26. The Labute approximate surface area is 159 Å². The van der Waals surface area contributed by atoms with E-state index in [0.717, 1.165) is 25.6 Å². The van der Waals surface area contributed by atoms with Crippen LogP contribution in [0.2, 0.25) is 0 Å². The summed E-state index contributed by atoms with van der Waals surface area (Å²) in [4.78, 5) is 22.6. The summed E-state index contributed by atoms with van der Waals surface area (Å²) in [6, 6.07) is 8.27. The van der Waals surface area contributed by atoms with Gasteiger partial charge in [-0.05, 0) is 67.3 Å². The fourth-order valence-electron chi connectivity index (χ4n) is 4.40. The first-order valence-electron chi connectivity index (χ1n) is 9.69. The molecule has 2 aliphatic heterocycles. The predicted molar refractivity (Wildman–Crippen MR) is 105 cm³/mol. The molecule has 4 nitrogen and oxygen atoms in total. The van der Waals surface area contributed by atoms with Crippen LogP contribution >= 0.6 is 11.3 Å². The Morgan fingerprint density at radius 2 is 1.96 bits per heavy atom. The molecule has 2 aliphatic rings. The smallest absolute Gasteiger partial charge is 0.227 e. The second-order valence-corrected chi connectivity index (χ2v) is 8.65. The van der Waals surface area contributed by atoms with Crippen molar-refractivity contribution in [2.75, 3.05) is 26.2 Å². The quantitative estimate of drug-likeness (QED) is 0.810. The first-order chi connectivity index (χ1) is 12.8. The number of aromatic nitrogens is 1. The van der Waals surface area contributed by atoms with Gasteiger partial charge < -0.3 is 4.90 Å². The molecule has 0 spiro atoms. The van der Waals surface area contributed by atoms with Gasteiger partial charge in [-0.15, -0.1) is 11.3 Å². The van der Waals surface area contributed by atoms with E-state index < -0.39 is 0 Å². The second-order valence-electron chi connectivity index (χ2n) is 7.62. The minimum atomic E-state index is 0.309. The molecule has 5 heteroatoms. The summed E-state index contributed by atoms with van der Waals surface area (Å²) in [5, 5.41) is 2.05. The highest BCUT2D eigenvalue weighted by molar-refractivity contribution is 7.10. The Morgan fingerprint density at radius 1 is 1.12 bits per heavy atom. The lowest BCUT2D eigenvalue weighted by atomic mass is 9.83. The van der Waals surface area contributed by atoms with Gasteiger partial charge in [0.25, 0.3) is 0 Å². The summed E-state index contributed by atoms with van der Waals surface area (Å²) < 4.78 is 0. The maximum Gasteiger partial charge on any atom is 0.227 e. The molecule has 1 amide bonds. The number of amides is 1. The van der Waals surface area contributed by atoms with E-state index >= 15 is 0 Å². The molecular weight excluding hydrogens is 342 g/mol. The van der Waals surface area contributed by atoms with E-state index in [4.69, 9.17) is 0 Å². The van der Waals surface area contributed by atoms with Gasteiger partial charge >= 0.3 is 0 Å². The van der Waals surface area contributed by atoms with Crippen molar-refractivity contribution >= 4 is 17.2 Å². The second kappa shape index (κ2) is 8.31. The van der Waals surface area contributed by atoms with Crippen LogP contribution in [0.25, 0.3) is 0 Å². The van der Waals surface area contributed by atoms with Crippen LogP contribution in [0.15, 0.2) is 42.0 Å². The van der Waals surface area contributed by atoms with Crippen LogP contribution in [-0.4, -0.2) is 46.9 Å². The van der Waals surface area contributed by atoms with E-state index in [9.17, 15) is 4.79 Å². The Kier molecular flexibility index (Phi) is 5.65. The minimum absolute atomic E-state index is 0.309. The van der Waals surface area contributed by atoms with E-state index in [2.05, 4.69) is 32.3 Å². The van der Waals surface area contributed by atoms with Crippen LogP contribution < -0.4 is 0 Å². The maximum atomic E-state index is 12.5. The van der Waals surface area contributed by atoms with E-state index in [-0.39, 0.29) is 0 Å².